The first-order valence-corrected chi connectivity index (χ1v) is 10.8. The van der Waals surface area contributed by atoms with Gasteiger partial charge in [0, 0.05) is 25.4 Å². The van der Waals surface area contributed by atoms with Crippen molar-refractivity contribution in [3.8, 4) is 6.07 Å². The lowest BCUT2D eigenvalue weighted by molar-refractivity contribution is -0.122. The highest BCUT2D eigenvalue weighted by Crippen LogP contribution is 2.46. The van der Waals surface area contributed by atoms with Crippen molar-refractivity contribution in [3.05, 3.63) is 82.4 Å². The van der Waals surface area contributed by atoms with E-state index in [0.29, 0.717) is 10.6 Å². The second-order valence-electron chi connectivity index (χ2n) is 7.05. The van der Waals surface area contributed by atoms with Crippen LogP contribution in [0.3, 0.4) is 0 Å². The van der Waals surface area contributed by atoms with Gasteiger partial charge in [-0.05, 0) is 11.1 Å². The molecule has 5 nitrogen and oxygen atoms in total. The smallest absolute Gasteiger partial charge is 0.245 e. The van der Waals surface area contributed by atoms with Crippen LogP contribution in [0.25, 0.3) is 0 Å². The maximum Gasteiger partial charge on any atom is 0.245 e. The lowest BCUT2D eigenvalue weighted by Gasteiger charge is -2.28. The van der Waals surface area contributed by atoms with E-state index in [4.69, 9.17) is 4.74 Å². The van der Waals surface area contributed by atoms with Gasteiger partial charge in [0.25, 0.3) is 0 Å². The van der Waals surface area contributed by atoms with E-state index in [1.54, 1.807) is 11.8 Å². The number of benzene rings is 2. The van der Waals surface area contributed by atoms with Gasteiger partial charge in [-0.15, -0.1) is 11.8 Å². The first-order valence-electron chi connectivity index (χ1n) is 9.77. The van der Waals surface area contributed by atoms with Crippen LogP contribution < -0.4 is 5.32 Å². The molecular weight excluding hydrogens is 382 g/mol. The maximum absolute atomic E-state index is 13.4. The summed E-state index contributed by atoms with van der Waals surface area (Å²) >= 11 is 1.55. The van der Waals surface area contributed by atoms with Crippen molar-refractivity contribution in [2.45, 2.75) is 5.41 Å². The van der Waals surface area contributed by atoms with E-state index in [9.17, 15) is 10.1 Å². The van der Waals surface area contributed by atoms with Crippen LogP contribution in [0.4, 0.5) is 0 Å². The summed E-state index contributed by atoms with van der Waals surface area (Å²) in [5.74, 6) is 0.640. The largest absolute Gasteiger partial charge is 0.379 e. The summed E-state index contributed by atoms with van der Waals surface area (Å²) in [5.41, 5.74) is 0.985. The Balaban J connectivity index is 1.68. The second kappa shape index (κ2) is 8.83. The monoisotopic (exact) mass is 405 g/mol. The number of nitrogens with zero attached hydrogens (tertiary/aromatic N) is 2. The number of hydrogen-bond acceptors (Lipinski definition) is 5. The summed E-state index contributed by atoms with van der Waals surface area (Å²) < 4.78 is 5.40. The van der Waals surface area contributed by atoms with Gasteiger partial charge in [0.05, 0.1) is 29.9 Å². The zero-order valence-electron chi connectivity index (χ0n) is 16.1. The van der Waals surface area contributed by atoms with Crippen LogP contribution in [-0.4, -0.2) is 49.4 Å². The second-order valence-corrected chi connectivity index (χ2v) is 8.16. The van der Waals surface area contributed by atoms with Gasteiger partial charge in [0.2, 0.25) is 5.91 Å². The van der Waals surface area contributed by atoms with Gasteiger partial charge in [-0.25, -0.2) is 0 Å². The predicted octanol–water partition coefficient (Wildman–Crippen LogP) is 2.90. The van der Waals surface area contributed by atoms with Crippen LogP contribution in [-0.2, 0) is 14.9 Å². The summed E-state index contributed by atoms with van der Waals surface area (Å²) in [6, 6.07) is 21.5. The van der Waals surface area contributed by atoms with Crippen LogP contribution in [0, 0.1) is 11.3 Å². The van der Waals surface area contributed by atoms with E-state index < -0.39 is 5.41 Å². The molecule has 0 saturated carbocycles. The van der Waals surface area contributed by atoms with Crippen molar-refractivity contribution in [2.75, 3.05) is 38.6 Å². The molecule has 29 heavy (non-hydrogen) atoms. The van der Waals surface area contributed by atoms with Crippen molar-refractivity contribution in [2.24, 2.45) is 0 Å². The number of amides is 1. The Kier molecular flexibility index (Phi) is 6.00. The van der Waals surface area contributed by atoms with E-state index in [1.807, 2.05) is 60.7 Å². The third-order valence-corrected chi connectivity index (χ3v) is 6.43. The molecule has 0 aliphatic carbocycles. The van der Waals surface area contributed by atoms with E-state index in [0.717, 1.165) is 49.7 Å². The number of carbonyl (C=O) groups is 1. The molecule has 0 unspecified atom stereocenters. The highest BCUT2D eigenvalue weighted by atomic mass is 32.2. The molecule has 2 aromatic rings. The number of hydrogen-bond donors (Lipinski definition) is 1. The molecule has 1 amide bonds. The number of ether oxygens (including phenoxy) is 1. The first kappa shape index (κ1) is 19.7. The van der Waals surface area contributed by atoms with Crippen molar-refractivity contribution in [3.63, 3.8) is 0 Å². The summed E-state index contributed by atoms with van der Waals surface area (Å²) in [5, 5.41) is 13.8. The summed E-state index contributed by atoms with van der Waals surface area (Å²) in [6.45, 7) is 4.28. The highest BCUT2D eigenvalue weighted by molar-refractivity contribution is 8.03. The molecule has 0 aromatic heterocycles. The molecule has 4 rings (SSSR count). The fourth-order valence-corrected chi connectivity index (χ4v) is 5.04. The van der Waals surface area contributed by atoms with Gasteiger partial charge >= 0.3 is 0 Å². The average Bonchev–Trinajstić information content (AvgIpc) is 3.07. The fraction of sp³-hybridized carbons (Fsp3) is 0.304. The highest BCUT2D eigenvalue weighted by Gasteiger charge is 2.52. The van der Waals surface area contributed by atoms with Gasteiger partial charge in [-0.1, -0.05) is 60.7 Å². The number of thioether (sulfide) groups is 1. The SMILES string of the molecule is N#CC1=C(SCCN2CCOCC2)NC(=O)C1(c1ccccc1)c1ccccc1. The molecule has 0 bridgehead atoms. The van der Waals surface area contributed by atoms with Crippen LogP contribution >= 0.6 is 11.8 Å². The first-order chi connectivity index (χ1) is 14.3. The zero-order chi connectivity index (χ0) is 20.1. The Morgan fingerprint density at radius 1 is 1.03 bits per heavy atom. The molecule has 0 radical (unpaired) electrons. The average molecular weight is 406 g/mol. The molecule has 2 aliphatic rings. The van der Waals surface area contributed by atoms with Gasteiger partial charge in [-0.3, -0.25) is 9.69 Å². The Labute approximate surface area is 175 Å². The number of carbonyl (C=O) groups excluding carboxylic acids is 1. The Morgan fingerprint density at radius 2 is 1.62 bits per heavy atom. The van der Waals surface area contributed by atoms with Gasteiger partial charge < -0.3 is 10.1 Å². The zero-order valence-corrected chi connectivity index (χ0v) is 17.0. The van der Waals surface area contributed by atoms with Crippen LogP contribution in [0.15, 0.2) is 71.3 Å². The van der Waals surface area contributed by atoms with Gasteiger partial charge in [-0.2, -0.15) is 5.26 Å². The summed E-state index contributed by atoms with van der Waals surface area (Å²) in [6.07, 6.45) is 0. The van der Waals surface area contributed by atoms with E-state index in [1.165, 1.54) is 0 Å². The predicted molar refractivity (Wildman–Crippen MR) is 114 cm³/mol. The minimum Gasteiger partial charge on any atom is -0.379 e. The Hall–Kier alpha value is -2.59. The molecule has 1 N–H and O–H groups in total. The van der Waals surface area contributed by atoms with Crippen LogP contribution in [0.1, 0.15) is 11.1 Å². The van der Waals surface area contributed by atoms with Crippen LogP contribution in [0.2, 0.25) is 0 Å². The van der Waals surface area contributed by atoms with Crippen molar-refractivity contribution >= 4 is 17.7 Å². The van der Waals surface area contributed by atoms with Gasteiger partial charge in [0.1, 0.15) is 5.41 Å². The number of morpholine rings is 1. The van der Waals surface area contributed by atoms with Crippen LogP contribution in [0.5, 0.6) is 0 Å². The molecule has 0 atom stereocenters. The molecule has 6 heteroatoms. The lowest BCUT2D eigenvalue weighted by atomic mass is 9.70. The lowest BCUT2D eigenvalue weighted by Crippen LogP contribution is -2.39. The number of nitriles is 1. The third-order valence-electron chi connectivity index (χ3n) is 5.45. The topological polar surface area (TPSA) is 65.4 Å². The Morgan fingerprint density at radius 3 is 2.17 bits per heavy atom. The standard InChI is InChI=1S/C23H23N3O2S/c24-17-20-21(29-16-13-26-11-14-28-15-12-26)25-22(27)23(20,18-7-3-1-4-8-18)19-9-5-2-6-10-19/h1-10H,11-16H2,(H,25,27). The van der Waals surface area contributed by atoms with Crippen molar-refractivity contribution in [1.29, 1.82) is 5.26 Å². The molecule has 2 aromatic carbocycles. The molecule has 2 heterocycles. The third kappa shape index (κ3) is 3.69. The fourth-order valence-electron chi connectivity index (χ4n) is 3.98. The maximum atomic E-state index is 13.4. The minimum atomic E-state index is -1.11. The summed E-state index contributed by atoms with van der Waals surface area (Å²) in [4.78, 5) is 15.7. The minimum absolute atomic E-state index is 0.166. The normalized spacial score (nSPS) is 19.1. The van der Waals surface area contributed by atoms with Gasteiger partial charge in [0.15, 0.2) is 0 Å². The van der Waals surface area contributed by atoms with Crippen molar-refractivity contribution in [1.82, 2.24) is 10.2 Å². The number of nitrogens with one attached hydrogen (secondary N) is 1. The molecule has 2 aliphatic heterocycles. The number of rotatable bonds is 6. The van der Waals surface area contributed by atoms with E-state index >= 15 is 0 Å². The Bertz CT molecular complexity index is 892. The molecule has 1 saturated heterocycles. The van der Waals surface area contributed by atoms with Crippen molar-refractivity contribution < 1.29 is 9.53 Å². The van der Waals surface area contributed by atoms with E-state index in [2.05, 4.69) is 16.3 Å². The molecule has 0 spiro atoms. The van der Waals surface area contributed by atoms with E-state index in [-0.39, 0.29) is 5.91 Å². The molecule has 148 valence electrons. The molecule has 1 fully saturated rings. The molecular formula is C23H23N3O2S. The summed E-state index contributed by atoms with van der Waals surface area (Å²) in [7, 11) is 0. The quantitative estimate of drug-likeness (QED) is 0.801.